The molecule has 0 radical (unpaired) electrons. The Kier molecular flexibility index (Phi) is 5.65. The van der Waals surface area contributed by atoms with Crippen LogP contribution >= 0.6 is 11.3 Å². The Morgan fingerprint density at radius 3 is 3.00 bits per heavy atom. The first kappa shape index (κ1) is 17.8. The summed E-state index contributed by atoms with van der Waals surface area (Å²) in [5, 5.41) is 0. The lowest BCUT2D eigenvalue weighted by atomic mass is 10.1. The second-order valence-corrected chi connectivity index (χ2v) is 7.66. The maximum atomic E-state index is 12.4. The number of rotatable bonds is 6. The quantitative estimate of drug-likeness (QED) is 0.785. The third kappa shape index (κ3) is 4.55. The first-order chi connectivity index (χ1) is 12.0. The summed E-state index contributed by atoms with van der Waals surface area (Å²) < 4.78 is 1.47. The van der Waals surface area contributed by atoms with Crippen LogP contribution < -0.4 is 5.56 Å². The van der Waals surface area contributed by atoms with Crippen LogP contribution in [0.15, 0.2) is 34.7 Å². The van der Waals surface area contributed by atoms with Gasteiger partial charge in [-0.15, -0.1) is 11.3 Å². The van der Waals surface area contributed by atoms with Gasteiger partial charge in [-0.3, -0.25) is 9.59 Å². The number of carbonyl (C=O) groups excluding carboxylic acids is 1. The van der Waals surface area contributed by atoms with Crippen LogP contribution in [0.4, 0.5) is 0 Å². The Morgan fingerprint density at radius 2 is 2.28 bits per heavy atom. The summed E-state index contributed by atoms with van der Waals surface area (Å²) in [6.07, 6.45) is 2.68. The van der Waals surface area contributed by atoms with Crippen molar-refractivity contribution in [3.8, 4) is 0 Å². The lowest BCUT2D eigenvalue weighted by Gasteiger charge is -2.21. The van der Waals surface area contributed by atoms with E-state index in [1.54, 1.807) is 29.7 Å². The third-order valence-corrected chi connectivity index (χ3v) is 5.59. The molecule has 0 N–H and O–H groups in total. The second-order valence-electron chi connectivity index (χ2n) is 6.72. The molecule has 0 spiro atoms. The summed E-state index contributed by atoms with van der Waals surface area (Å²) in [7, 11) is 2.12. The molecular weight excluding hydrogens is 336 g/mol. The zero-order chi connectivity index (χ0) is 17.8. The molecular formula is C18H24N4O2S. The standard InChI is InChI=1S/C18H24N4O2S/c1-14-16(25-13-19-14)11-20(2)9-15-6-8-22(10-15)18(24)12-21-7-4-3-5-17(21)23/h3-5,7,13,15H,6,8-12H2,1-2H3. The van der Waals surface area contributed by atoms with Crippen molar-refractivity contribution in [2.24, 2.45) is 5.92 Å². The normalized spacial score (nSPS) is 17.4. The van der Waals surface area contributed by atoms with Gasteiger partial charge in [0.25, 0.3) is 5.56 Å². The number of thiazole rings is 1. The van der Waals surface area contributed by atoms with E-state index in [1.807, 2.05) is 17.3 Å². The minimum Gasteiger partial charge on any atom is -0.341 e. The van der Waals surface area contributed by atoms with Crippen LogP contribution in [0.5, 0.6) is 0 Å². The first-order valence-electron chi connectivity index (χ1n) is 8.53. The van der Waals surface area contributed by atoms with Crippen molar-refractivity contribution in [1.29, 1.82) is 0 Å². The van der Waals surface area contributed by atoms with Gasteiger partial charge >= 0.3 is 0 Å². The van der Waals surface area contributed by atoms with Crippen LogP contribution in [0.25, 0.3) is 0 Å². The summed E-state index contributed by atoms with van der Waals surface area (Å²) in [5.74, 6) is 0.506. The molecule has 2 aromatic heterocycles. The van der Waals surface area contributed by atoms with E-state index in [4.69, 9.17) is 0 Å². The van der Waals surface area contributed by atoms with Crippen molar-refractivity contribution >= 4 is 17.2 Å². The Labute approximate surface area is 151 Å². The molecule has 1 atom stereocenters. The predicted octanol–water partition coefficient (Wildman–Crippen LogP) is 1.59. The van der Waals surface area contributed by atoms with Gasteiger partial charge in [-0.05, 0) is 32.4 Å². The average molecular weight is 360 g/mol. The van der Waals surface area contributed by atoms with Gasteiger partial charge in [0.2, 0.25) is 5.91 Å². The fourth-order valence-electron chi connectivity index (χ4n) is 3.27. The molecule has 134 valence electrons. The molecule has 3 rings (SSSR count). The molecule has 1 amide bonds. The number of hydrogen-bond donors (Lipinski definition) is 0. The van der Waals surface area contributed by atoms with Gasteiger partial charge in [-0.25, -0.2) is 4.98 Å². The number of hydrogen-bond acceptors (Lipinski definition) is 5. The summed E-state index contributed by atoms with van der Waals surface area (Å²) in [6.45, 7) is 5.58. The van der Waals surface area contributed by atoms with Crippen LogP contribution in [0.1, 0.15) is 17.0 Å². The number of aromatic nitrogens is 2. The van der Waals surface area contributed by atoms with Gasteiger partial charge in [-0.1, -0.05) is 6.07 Å². The van der Waals surface area contributed by atoms with Gasteiger partial charge < -0.3 is 14.4 Å². The summed E-state index contributed by atoms with van der Waals surface area (Å²) in [6, 6.07) is 4.95. The molecule has 1 saturated heterocycles. The molecule has 1 unspecified atom stereocenters. The molecule has 25 heavy (non-hydrogen) atoms. The number of pyridine rings is 1. The Hall–Kier alpha value is -1.99. The zero-order valence-corrected chi connectivity index (χ0v) is 15.5. The minimum absolute atomic E-state index is 0.0248. The number of carbonyl (C=O) groups is 1. The van der Waals surface area contributed by atoms with Crippen molar-refractivity contribution in [1.82, 2.24) is 19.4 Å². The van der Waals surface area contributed by atoms with E-state index in [-0.39, 0.29) is 18.0 Å². The highest BCUT2D eigenvalue weighted by atomic mass is 32.1. The van der Waals surface area contributed by atoms with Crippen molar-refractivity contribution in [2.75, 3.05) is 26.7 Å². The second kappa shape index (κ2) is 7.93. The van der Waals surface area contributed by atoms with Crippen LogP contribution in [0.2, 0.25) is 0 Å². The SMILES string of the molecule is Cc1ncsc1CN(C)CC1CCN(C(=O)Cn2ccccc2=O)C1. The molecule has 1 fully saturated rings. The van der Waals surface area contributed by atoms with Crippen LogP contribution in [0, 0.1) is 12.8 Å². The number of nitrogens with zero attached hydrogens (tertiary/aromatic N) is 4. The van der Waals surface area contributed by atoms with Crippen LogP contribution in [-0.4, -0.2) is 51.9 Å². The number of aryl methyl sites for hydroxylation is 1. The summed E-state index contributed by atoms with van der Waals surface area (Å²) >= 11 is 1.69. The van der Waals surface area contributed by atoms with Crippen molar-refractivity contribution < 1.29 is 4.79 Å². The first-order valence-corrected chi connectivity index (χ1v) is 9.41. The predicted molar refractivity (Wildman–Crippen MR) is 98.6 cm³/mol. The van der Waals surface area contributed by atoms with E-state index in [2.05, 4.69) is 16.9 Å². The molecule has 6 nitrogen and oxygen atoms in total. The Bertz CT molecular complexity index is 785. The van der Waals surface area contributed by atoms with Crippen molar-refractivity contribution in [2.45, 2.75) is 26.4 Å². The van der Waals surface area contributed by atoms with E-state index in [0.717, 1.165) is 38.3 Å². The number of amides is 1. The fourth-order valence-corrected chi connectivity index (χ4v) is 4.13. The topological polar surface area (TPSA) is 58.4 Å². The van der Waals surface area contributed by atoms with E-state index in [0.29, 0.717) is 5.92 Å². The summed E-state index contributed by atoms with van der Waals surface area (Å²) in [5.41, 5.74) is 2.86. The van der Waals surface area contributed by atoms with Crippen LogP contribution in [-0.2, 0) is 17.9 Å². The lowest BCUT2D eigenvalue weighted by Crippen LogP contribution is -2.35. The van der Waals surface area contributed by atoms with Crippen molar-refractivity contribution in [3.05, 3.63) is 50.8 Å². The van der Waals surface area contributed by atoms with Crippen LogP contribution in [0.3, 0.4) is 0 Å². The minimum atomic E-state index is -0.133. The largest absolute Gasteiger partial charge is 0.341 e. The molecule has 3 heterocycles. The Morgan fingerprint density at radius 1 is 1.44 bits per heavy atom. The molecule has 0 saturated carbocycles. The smallest absolute Gasteiger partial charge is 0.250 e. The Balaban J connectivity index is 1.49. The monoisotopic (exact) mass is 360 g/mol. The van der Waals surface area contributed by atoms with E-state index >= 15 is 0 Å². The van der Waals surface area contributed by atoms with E-state index < -0.39 is 0 Å². The maximum absolute atomic E-state index is 12.4. The number of likely N-dealkylation sites (tertiary alicyclic amines) is 1. The van der Waals surface area contributed by atoms with E-state index in [9.17, 15) is 9.59 Å². The highest BCUT2D eigenvalue weighted by Gasteiger charge is 2.27. The van der Waals surface area contributed by atoms with Gasteiger partial charge in [0.1, 0.15) is 6.54 Å². The summed E-state index contributed by atoms with van der Waals surface area (Å²) in [4.78, 5) is 34.0. The molecule has 0 aromatic carbocycles. The van der Waals surface area contributed by atoms with Gasteiger partial charge in [0, 0.05) is 43.3 Å². The zero-order valence-electron chi connectivity index (χ0n) is 14.7. The molecule has 1 aliphatic heterocycles. The molecule has 2 aromatic rings. The molecule has 0 bridgehead atoms. The average Bonchev–Trinajstić information content (AvgIpc) is 3.19. The molecule has 0 aliphatic carbocycles. The fraction of sp³-hybridized carbons (Fsp3) is 0.500. The van der Waals surface area contributed by atoms with Gasteiger partial charge in [-0.2, -0.15) is 0 Å². The van der Waals surface area contributed by atoms with Gasteiger partial charge in [0.15, 0.2) is 0 Å². The maximum Gasteiger partial charge on any atom is 0.250 e. The highest BCUT2D eigenvalue weighted by Crippen LogP contribution is 2.20. The highest BCUT2D eigenvalue weighted by molar-refractivity contribution is 7.09. The lowest BCUT2D eigenvalue weighted by molar-refractivity contribution is -0.131. The third-order valence-electron chi connectivity index (χ3n) is 4.67. The van der Waals surface area contributed by atoms with Gasteiger partial charge in [0.05, 0.1) is 11.2 Å². The molecule has 1 aliphatic rings. The van der Waals surface area contributed by atoms with Crippen molar-refractivity contribution in [3.63, 3.8) is 0 Å². The van der Waals surface area contributed by atoms with E-state index in [1.165, 1.54) is 15.5 Å². The molecule has 7 heteroatoms.